The van der Waals surface area contributed by atoms with E-state index in [0.717, 1.165) is 16.8 Å². The predicted octanol–water partition coefficient (Wildman–Crippen LogP) is 1.82. The molecule has 0 radical (unpaired) electrons. The maximum Gasteiger partial charge on any atom is 0.161 e. The molecule has 6 nitrogen and oxygen atoms in total. The van der Waals surface area contributed by atoms with Crippen molar-refractivity contribution in [1.29, 1.82) is 0 Å². The lowest BCUT2D eigenvalue weighted by Crippen LogP contribution is -1.95. The highest BCUT2D eigenvalue weighted by Crippen LogP contribution is 2.35. The van der Waals surface area contributed by atoms with E-state index in [1.54, 1.807) is 21.3 Å². The molecule has 102 valence electrons. The average Bonchev–Trinajstić information content (AvgIpc) is 2.79. The molecule has 2 rings (SSSR count). The number of nitrogens with one attached hydrogen (secondary N) is 1. The molecule has 0 unspecified atom stereocenters. The highest BCUT2D eigenvalue weighted by Gasteiger charge is 2.15. The van der Waals surface area contributed by atoms with Crippen molar-refractivity contribution in [2.75, 3.05) is 27.1 Å². The van der Waals surface area contributed by atoms with Gasteiger partial charge in [0.1, 0.15) is 0 Å². The van der Waals surface area contributed by atoms with E-state index in [1.165, 1.54) is 0 Å². The topological polar surface area (TPSA) is 82.4 Å². The van der Waals surface area contributed by atoms with E-state index in [2.05, 4.69) is 10.2 Å². The van der Waals surface area contributed by atoms with Gasteiger partial charge in [0.25, 0.3) is 0 Å². The van der Waals surface area contributed by atoms with Crippen LogP contribution in [-0.4, -0.2) is 31.5 Å². The van der Waals surface area contributed by atoms with Gasteiger partial charge >= 0.3 is 0 Å². The Morgan fingerprint density at radius 2 is 1.89 bits per heavy atom. The first-order chi connectivity index (χ1) is 9.21. The Balaban J connectivity index is 2.49. The zero-order chi connectivity index (χ0) is 13.8. The van der Waals surface area contributed by atoms with Crippen molar-refractivity contribution >= 4 is 5.82 Å². The molecule has 1 aromatic heterocycles. The van der Waals surface area contributed by atoms with Gasteiger partial charge in [-0.3, -0.25) is 5.10 Å². The van der Waals surface area contributed by atoms with E-state index < -0.39 is 0 Å². The summed E-state index contributed by atoms with van der Waals surface area (Å²) >= 11 is 0. The molecule has 0 amide bonds. The Morgan fingerprint density at radius 3 is 2.53 bits per heavy atom. The van der Waals surface area contributed by atoms with Gasteiger partial charge in [0.05, 0.1) is 26.5 Å². The Labute approximate surface area is 111 Å². The number of rotatable bonds is 5. The van der Waals surface area contributed by atoms with E-state index in [0.29, 0.717) is 23.9 Å². The van der Waals surface area contributed by atoms with Crippen LogP contribution in [0.5, 0.6) is 11.5 Å². The fraction of sp³-hybridized carbons (Fsp3) is 0.308. The molecule has 1 aromatic carbocycles. The third kappa shape index (κ3) is 2.48. The van der Waals surface area contributed by atoms with E-state index in [1.807, 2.05) is 18.2 Å². The molecule has 6 heteroatoms. The zero-order valence-electron chi connectivity index (χ0n) is 11.2. The lowest BCUT2D eigenvalue weighted by atomic mass is 10.0. The molecule has 0 bridgehead atoms. The van der Waals surface area contributed by atoms with Crippen LogP contribution in [0.25, 0.3) is 11.1 Å². The number of hydrogen-bond donors (Lipinski definition) is 2. The second-order valence-corrected chi connectivity index (χ2v) is 3.97. The van der Waals surface area contributed by atoms with Crippen molar-refractivity contribution in [3.8, 4) is 22.6 Å². The number of hydrogen-bond acceptors (Lipinski definition) is 5. The second-order valence-electron chi connectivity index (χ2n) is 3.97. The molecule has 0 fully saturated rings. The smallest absolute Gasteiger partial charge is 0.161 e. The van der Waals surface area contributed by atoms with Gasteiger partial charge in [0, 0.05) is 12.7 Å². The second kappa shape index (κ2) is 5.62. The minimum Gasteiger partial charge on any atom is -0.493 e. The first-order valence-corrected chi connectivity index (χ1v) is 5.75. The largest absolute Gasteiger partial charge is 0.493 e. The summed E-state index contributed by atoms with van der Waals surface area (Å²) in [5, 5.41) is 6.88. The third-order valence-electron chi connectivity index (χ3n) is 2.83. The van der Waals surface area contributed by atoms with Crippen molar-refractivity contribution in [2.45, 2.75) is 6.61 Å². The van der Waals surface area contributed by atoms with Gasteiger partial charge in [0.2, 0.25) is 0 Å². The molecule has 0 aliphatic heterocycles. The van der Waals surface area contributed by atoms with Crippen LogP contribution in [0.4, 0.5) is 5.82 Å². The van der Waals surface area contributed by atoms with Crippen molar-refractivity contribution in [2.24, 2.45) is 0 Å². The van der Waals surface area contributed by atoms with Gasteiger partial charge in [0.15, 0.2) is 17.3 Å². The molecule has 0 saturated heterocycles. The first-order valence-electron chi connectivity index (χ1n) is 5.75. The third-order valence-corrected chi connectivity index (χ3v) is 2.83. The number of methoxy groups -OCH3 is 3. The van der Waals surface area contributed by atoms with Gasteiger partial charge in [-0.2, -0.15) is 5.10 Å². The van der Waals surface area contributed by atoms with Gasteiger partial charge in [-0.25, -0.2) is 0 Å². The molecule has 2 aromatic rings. The molecular weight excluding hydrogens is 246 g/mol. The number of nitrogens with zero attached hydrogens (tertiary/aromatic N) is 1. The van der Waals surface area contributed by atoms with Crippen LogP contribution in [0.3, 0.4) is 0 Å². The lowest BCUT2D eigenvalue weighted by molar-refractivity contribution is 0.182. The fourth-order valence-corrected chi connectivity index (χ4v) is 1.96. The standard InChI is InChI=1S/C13H17N3O3/c1-17-7-9-12(13(14)16-15-9)8-4-5-10(18-2)11(6-8)19-3/h4-6H,7H2,1-3H3,(H3,14,15,16). The number of nitrogens with two attached hydrogens (primary N) is 1. The summed E-state index contributed by atoms with van der Waals surface area (Å²) < 4.78 is 15.6. The highest BCUT2D eigenvalue weighted by atomic mass is 16.5. The van der Waals surface area contributed by atoms with Crippen LogP contribution >= 0.6 is 0 Å². The SMILES string of the molecule is COCc1[nH]nc(N)c1-c1ccc(OC)c(OC)c1. The molecule has 0 atom stereocenters. The van der Waals surface area contributed by atoms with Gasteiger partial charge < -0.3 is 19.9 Å². The molecule has 0 saturated carbocycles. The van der Waals surface area contributed by atoms with E-state index in [-0.39, 0.29) is 0 Å². The molecule has 0 aliphatic rings. The summed E-state index contributed by atoms with van der Waals surface area (Å²) in [7, 11) is 4.81. The molecule has 19 heavy (non-hydrogen) atoms. The number of benzene rings is 1. The molecule has 0 spiro atoms. The van der Waals surface area contributed by atoms with Gasteiger partial charge in [-0.1, -0.05) is 6.07 Å². The number of H-pyrrole nitrogens is 1. The fourth-order valence-electron chi connectivity index (χ4n) is 1.96. The van der Waals surface area contributed by atoms with E-state index >= 15 is 0 Å². The monoisotopic (exact) mass is 263 g/mol. The zero-order valence-corrected chi connectivity index (χ0v) is 11.2. The van der Waals surface area contributed by atoms with Crippen molar-refractivity contribution in [1.82, 2.24) is 10.2 Å². The lowest BCUT2D eigenvalue weighted by Gasteiger charge is -2.10. The number of aromatic amines is 1. The minimum atomic E-state index is 0.411. The predicted molar refractivity (Wildman–Crippen MR) is 72.3 cm³/mol. The van der Waals surface area contributed by atoms with Crippen LogP contribution in [0.1, 0.15) is 5.69 Å². The summed E-state index contributed by atoms with van der Waals surface area (Å²) in [4.78, 5) is 0. The maximum absolute atomic E-state index is 5.90. The summed E-state index contributed by atoms with van der Waals surface area (Å²) in [5.74, 6) is 1.74. The van der Waals surface area contributed by atoms with Crippen LogP contribution in [0.2, 0.25) is 0 Å². The molecular formula is C13H17N3O3. The summed E-state index contributed by atoms with van der Waals surface area (Å²) in [5.41, 5.74) is 8.44. The Kier molecular flexibility index (Phi) is 3.91. The highest BCUT2D eigenvalue weighted by molar-refractivity contribution is 5.77. The first kappa shape index (κ1) is 13.2. The van der Waals surface area contributed by atoms with Crippen molar-refractivity contribution in [3.63, 3.8) is 0 Å². The van der Waals surface area contributed by atoms with Crippen LogP contribution in [-0.2, 0) is 11.3 Å². The number of anilines is 1. The van der Waals surface area contributed by atoms with E-state index in [9.17, 15) is 0 Å². The van der Waals surface area contributed by atoms with Crippen LogP contribution in [0.15, 0.2) is 18.2 Å². The van der Waals surface area contributed by atoms with Gasteiger partial charge in [-0.15, -0.1) is 0 Å². The molecule has 3 N–H and O–H groups in total. The number of nitrogen functional groups attached to an aromatic ring is 1. The maximum atomic E-state index is 5.90. The van der Waals surface area contributed by atoms with Crippen LogP contribution in [0, 0.1) is 0 Å². The Bertz CT molecular complexity index is 566. The van der Waals surface area contributed by atoms with Crippen molar-refractivity contribution < 1.29 is 14.2 Å². The van der Waals surface area contributed by atoms with Gasteiger partial charge in [-0.05, 0) is 17.7 Å². The van der Waals surface area contributed by atoms with E-state index in [4.69, 9.17) is 19.9 Å². The van der Waals surface area contributed by atoms with Crippen molar-refractivity contribution in [3.05, 3.63) is 23.9 Å². The summed E-state index contributed by atoms with van der Waals surface area (Å²) in [6.45, 7) is 0.411. The minimum absolute atomic E-state index is 0.411. The quantitative estimate of drug-likeness (QED) is 0.859. The summed E-state index contributed by atoms with van der Waals surface area (Å²) in [6, 6.07) is 5.60. The Hall–Kier alpha value is -2.21. The average molecular weight is 263 g/mol. The summed E-state index contributed by atoms with van der Waals surface area (Å²) in [6.07, 6.45) is 0. The number of ether oxygens (including phenoxy) is 3. The molecule has 1 heterocycles. The Morgan fingerprint density at radius 1 is 1.16 bits per heavy atom. The van der Waals surface area contributed by atoms with Crippen LogP contribution < -0.4 is 15.2 Å². The number of aromatic nitrogens is 2. The normalized spacial score (nSPS) is 10.5. The molecule has 0 aliphatic carbocycles.